The second kappa shape index (κ2) is 6.98. The predicted octanol–water partition coefficient (Wildman–Crippen LogP) is 3.14. The topological polar surface area (TPSA) is 90.5 Å². The Bertz CT molecular complexity index is 1150. The molecule has 136 valence electrons. The number of rotatable bonds is 4. The lowest BCUT2D eigenvalue weighted by Crippen LogP contribution is -2.16. The highest BCUT2D eigenvalue weighted by Crippen LogP contribution is 2.25. The van der Waals surface area contributed by atoms with E-state index in [0.29, 0.717) is 33.4 Å². The van der Waals surface area contributed by atoms with Crippen LogP contribution in [0.3, 0.4) is 0 Å². The molecule has 0 spiro atoms. The molecule has 1 amide bonds. The van der Waals surface area contributed by atoms with E-state index in [1.807, 2.05) is 19.1 Å². The lowest BCUT2D eigenvalue weighted by Gasteiger charge is -2.08. The van der Waals surface area contributed by atoms with Crippen molar-refractivity contribution in [2.45, 2.75) is 6.92 Å². The van der Waals surface area contributed by atoms with Crippen LogP contribution in [0.4, 0.5) is 5.82 Å². The number of nitrogens with zero attached hydrogens (tertiary/aromatic N) is 6. The molecule has 0 bridgehead atoms. The Hall–Kier alpha value is -2.97. The first-order valence-electron chi connectivity index (χ1n) is 7.94. The molecule has 0 saturated carbocycles. The summed E-state index contributed by atoms with van der Waals surface area (Å²) in [7, 11) is 0. The lowest BCUT2D eigenvalue weighted by atomic mass is 10.3. The lowest BCUT2D eigenvalue weighted by molar-refractivity contribution is -0.114. The van der Waals surface area contributed by atoms with E-state index >= 15 is 0 Å². The van der Waals surface area contributed by atoms with E-state index in [-0.39, 0.29) is 11.8 Å². The molecule has 0 aliphatic rings. The minimum absolute atomic E-state index is 0.157. The Morgan fingerprint density at radius 1 is 1.22 bits per heavy atom. The number of halogens is 2. The van der Waals surface area contributed by atoms with Gasteiger partial charge < -0.3 is 5.32 Å². The van der Waals surface area contributed by atoms with Gasteiger partial charge in [0, 0.05) is 11.1 Å². The van der Waals surface area contributed by atoms with Crippen molar-refractivity contribution in [1.29, 1.82) is 0 Å². The van der Waals surface area contributed by atoms with Gasteiger partial charge in [-0.25, -0.2) is 14.6 Å². The zero-order valence-electron chi connectivity index (χ0n) is 14.1. The number of benzene rings is 1. The molecule has 3 aromatic heterocycles. The number of carbonyl (C=O) groups is 1. The van der Waals surface area contributed by atoms with E-state index in [1.165, 1.54) is 11.0 Å². The van der Waals surface area contributed by atoms with Crippen LogP contribution in [-0.2, 0) is 4.79 Å². The van der Waals surface area contributed by atoms with Gasteiger partial charge in [0.15, 0.2) is 11.5 Å². The fourth-order valence-electron chi connectivity index (χ4n) is 2.72. The Kier molecular flexibility index (Phi) is 4.51. The number of carbonyl (C=O) groups excluding carboxylic acids is 1. The van der Waals surface area contributed by atoms with Gasteiger partial charge in [0.05, 0.1) is 23.0 Å². The van der Waals surface area contributed by atoms with Crippen molar-refractivity contribution in [3.63, 3.8) is 0 Å². The maximum Gasteiger partial charge on any atom is 0.240 e. The zero-order valence-corrected chi connectivity index (χ0v) is 15.6. The molecule has 0 radical (unpaired) electrons. The standard InChI is InChI=1S/C17H13Cl2N7O/c1-10-5-14(23-15(27)7-18)26(24-10)17-13-8-22-25(16(13)20-9-21-17)12-4-2-3-11(19)6-12/h2-6,8-9H,7H2,1H3,(H,23,27). The maximum absolute atomic E-state index is 11.7. The fourth-order valence-corrected chi connectivity index (χ4v) is 2.97. The average molecular weight is 402 g/mol. The molecule has 0 fully saturated rings. The van der Waals surface area contributed by atoms with Crippen LogP contribution in [0.25, 0.3) is 22.5 Å². The first kappa shape index (κ1) is 17.4. The summed E-state index contributed by atoms with van der Waals surface area (Å²) >= 11 is 11.7. The number of fused-ring (bicyclic) bond motifs is 1. The summed E-state index contributed by atoms with van der Waals surface area (Å²) in [5.41, 5.74) is 2.08. The maximum atomic E-state index is 11.7. The number of hydrogen-bond acceptors (Lipinski definition) is 5. The summed E-state index contributed by atoms with van der Waals surface area (Å²) in [6.07, 6.45) is 3.07. The number of aromatic nitrogens is 6. The van der Waals surface area contributed by atoms with Gasteiger partial charge >= 0.3 is 0 Å². The summed E-state index contributed by atoms with van der Waals surface area (Å²) in [5, 5.41) is 12.8. The molecule has 4 rings (SSSR count). The molecule has 0 aliphatic carbocycles. The molecule has 1 N–H and O–H groups in total. The first-order chi connectivity index (χ1) is 13.1. The van der Waals surface area contributed by atoms with Crippen molar-refractivity contribution in [3.8, 4) is 11.5 Å². The predicted molar refractivity (Wildman–Crippen MR) is 103 cm³/mol. The minimum atomic E-state index is -0.335. The van der Waals surface area contributed by atoms with Crippen LogP contribution in [0, 0.1) is 6.92 Å². The fraction of sp³-hybridized carbons (Fsp3) is 0.118. The monoisotopic (exact) mass is 401 g/mol. The van der Waals surface area contributed by atoms with Crippen molar-refractivity contribution >= 4 is 46.0 Å². The van der Waals surface area contributed by atoms with Gasteiger partial charge in [-0.15, -0.1) is 11.6 Å². The number of amides is 1. The third-order valence-electron chi connectivity index (χ3n) is 3.82. The summed E-state index contributed by atoms with van der Waals surface area (Å²) in [5.74, 6) is 0.466. The van der Waals surface area contributed by atoms with E-state index < -0.39 is 0 Å². The van der Waals surface area contributed by atoms with Gasteiger partial charge in [-0.2, -0.15) is 14.9 Å². The van der Waals surface area contributed by atoms with Gasteiger partial charge in [0.25, 0.3) is 0 Å². The van der Waals surface area contributed by atoms with E-state index in [1.54, 1.807) is 29.1 Å². The Morgan fingerprint density at radius 3 is 2.85 bits per heavy atom. The van der Waals surface area contributed by atoms with Crippen molar-refractivity contribution in [3.05, 3.63) is 53.6 Å². The van der Waals surface area contributed by atoms with Gasteiger partial charge in [0.2, 0.25) is 5.91 Å². The number of aryl methyl sites for hydroxylation is 1. The molecule has 0 unspecified atom stereocenters. The van der Waals surface area contributed by atoms with Crippen molar-refractivity contribution in [2.75, 3.05) is 11.2 Å². The number of hydrogen-bond donors (Lipinski definition) is 1. The average Bonchev–Trinajstić information content (AvgIpc) is 3.24. The van der Waals surface area contributed by atoms with Crippen molar-refractivity contribution in [1.82, 2.24) is 29.5 Å². The molecule has 10 heteroatoms. The van der Waals surface area contributed by atoms with Crippen LogP contribution >= 0.6 is 23.2 Å². The summed E-state index contributed by atoms with van der Waals surface area (Å²) in [4.78, 5) is 20.4. The molecule has 1 aromatic carbocycles. The Morgan fingerprint density at radius 2 is 2.07 bits per heavy atom. The van der Waals surface area contributed by atoms with E-state index in [2.05, 4.69) is 25.5 Å². The summed E-state index contributed by atoms with van der Waals surface area (Å²) < 4.78 is 3.20. The highest BCUT2D eigenvalue weighted by Gasteiger charge is 2.17. The van der Waals surface area contributed by atoms with Gasteiger partial charge in [-0.3, -0.25) is 4.79 Å². The molecule has 0 aliphatic heterocycles. The molecule has 0 atom stereocenters. The van der Waals surface area contributed by atoms with E-state index in [0.717, 1.165) is 5.69 Å². The third-order valence-corrected chi connectivity index (χ3v) is 4.30. The van der Waals surface area contributed by atoms with Gasteiger partial charge in [-0.1, -0.05) is 17.7 Å². The molecule has 0 saturated heterocycles. The normalized spacial score (nSPS) is 11.1. The van der Waals surface area contributed by atoms with E-state index in [9.17, 15) is 4.79 Å². The third kappa shape index (κ3) is 3.24. The van der Waals surface area contributed by atoms with Crippen LogP contribution in [0.1, 0.15) is 5.69 Å². The van der Waals surface area contributed by atoms with Crippen LogP contribution < -0.4 is 5.32 Å². The molecular weight excluding hydrogens is 389 g/mol. The highest BCUT2D eigenvalue weighted by molar-refractivity contribution is 6.30. The smallest absolute Gasteiger partial charge is 0.240 e. The van der Waals surface area contributed by atoms with Gasteiger partial charge in [-0.05, 0) is 25.1 Å². The second-order valence-corrected chi connectivity index (χ2v) is 6.44. The highest BCUT2D eigenvalue weighted by atomic mass is 35.5. The van der Waals surface area contributed by atoms with Crippen LogP contribution in [0.5, 0.6) is 0 Å². The second-order valence-electron chi connectivity index (χ2n) is 5.74. The summed E-state index contributed by atoms with van der Waals surface area (Å²) in [6, 6.07) is 9.03. The molecule has 3 heterocycles. The van der Waals surface area contributed by atoms with Crippen molar-refractivity contribution < 1.29 is 4.79 Å². The van der Waals surface area contributed by atoms with Crippen LogP contribution in [-0.4, -0.2) is 41.3 Å². The molecular formula is C17H13Cl2N7O. The summed E-state index contributed by atoms with van der Waals surface area (Å²) in [6.45, 7) is 1.82. The first-order valence-corrected chi connectivity index (χ1v) is 8.85. The number of alkyl halides is 1. The number of anilines is 1. The SMILES string of the molecule is Cc1cc(NC(=O)CCl)n(-c2ncnc3c2cnn3-c2cccc(Cl)c2)n1. The van der Waals surface area contributed by atoms with E-state index in [4.69, 9.17) is 23.2 Å². The van der Waals surface area contributed by atoms with Gasteiger partial charge in [0.1, 0.15) is 18.0 Å². The Balaban J connectivity index is 1.87. The Labute approximate surface area is 163 Å². The van der Waals surface area contributed by atoms with Crippen LogP contribution in [0.2, 0.25) is 5.02 Å². The molecule has 27 heavy (non-hydrogen) atoms. The largest absolute Gasteiger partial charge is 0.309 e. The minimum Gasteiger partial charge on any atom is -0.309 e. The van der Waals surface area contributed by atoms with Crippen molar-refractivity contribution in [2.24, 2.45) is 0 Å². The quantitative estimate of drug-likeness (QED) is 0.530. The molecule has 4 aromatic rings. The molecule has 8 nitrogen and oxygen atoms in total. The number of nitrogens with one attached hydrogen (secondary N) is 1. The zero-order chi connectivity index (χ0) is 19.0. The van der Waals surface area contributed by atoms with Crippen LogP contribution in [0.15, 0.2) is 42.9 Å².